The van der Waals surface area contributed by atoms with Crippen molar-refractivity contribution in [2.45, 2.75) is 6.10 Å². The van der Waals surface area contributed by atoms with Crippen LogP contribution in [-0.2, 0) is 9.53 Å². The van der Waals surface area contributed by atoms with Crippen LogP contribution in [0.15, 0.2) is 24.3 Å². The predicted molar refractivity (Wildman–Crippen MR) is 69.4 cm³/mol. The van der Waals surface area contributed by atoms with E-state index in [2.05, 4.69) is 10.2 Å². The average molecular weight is 275 g/mol. The van der Waals surface area contributed by atoms with Crippen molar-refractivity contribution in [2.24, 2.45) is 0 Å². The molecule has 2 heterocycles. The monoisotopic (exact) mass is 275 g/mol. The van der Waals surface area contributed by atoms with E-state index in [0.717, 1.165) is 10.9 Å². The summed E-state index contributed by atoms with van der Waals surface area (Å²) in [4.78, 5) is 24.8. The van der Waals surface area contributed by atoms with E-state index in [1.165, 1.54) is 4.90 Å². The normalized spacial score (nSPS) is 19.2. The SMILES string of the molecule is O=C(O)[C@@H]1CN(C(=O)c2n[nH]c3ccccc23)CCO1. The summed E-state index contributed by atoms with van der Waals surface area (Å²) in [5.41, 5.74) is 1.09. The van der Waals surface area contributed by atoms with Gasteiger partial charge in [-0.3, -0.25) is 9.89 Å². The lowest BCUT2D eigenvalue weighted by atomic mass is 10.2. The van der Waals surface area contributed by atoms with Gasteiger partial charge in [0.15, 0.2) is 11.8 Å². The molecule has 20 heavy (non-hydrogen) atoms. The molecule has 104 valence electrons. The lowest BCUT2D eigenvalue weighted by Gasteiger charge is -2.30. The number of fused-ring (bicyclic) bond motifs is 1. The zero-order valence-electron chi connectivity index (χ0n) is 10.6. The molecule has 3 rings (SSSR count). The van der Waals surface area contributed by atoms with Crippen LogP contribution in [-0.4, -0.2) is 57.9 Å². The van der Waals surface area contributed by atoms with E-state index >= 15 is 0 Å². The number of rotatable bonds is 2. The summed E-state index contributed by atoms with van der Waals surface area (Å²) in [6, 6.07) is 7.32. The number of morpholine rings is 1. The second kappa shape index (κ2) is 4.93. The molecule has 1 amide bonds. The highest BCUT2D eigenvalue weighted by Crippen LogP contribution is 2.18. The molecule has 7 heteroatoms. The highest BCUT2D eigenvalue weighted by Gasteiger charge is 2.30. The number of aromatic amines is 1. The van der Waals surface area contributed by atoms with Crippen molar-refractivity contribution in [3.63, 3.8) is 0 Å². The Hall–Kier alpha value is -2.41. The molecule has 1 aliphatic rings. The lowest BCUT2D eigenvalue weighted by molar-refractivity contribution is -0.154. The van der Waals surface area contributed by atoms with Gasteiger partial charge in [0.25, 0.3) is 5.91 Å². The minimum Gasteiger partial charge on any atom is -0.479 e. The summed E-state index contributed by atoms with van der Waals surface area (Å²) in [5, 5.41) is 16.5. The number of ether oxygens (including phenoxy) is 1. The molecule has 1 aromatic heterocycles. The summed E-state index contributed by atoms with van der Waals surface area (Å²) in [7, 11) is 0. The Bertz CT molecular complexity index is 666. The molecule has 7 nitrogen and oxygen atoms in total. The fourth-order valence-corrected chi connectivity index (χ4v) is 2.26. The van der Waals surface area contributed by atoms with Crippen LogP contribution >= 0.6 is 0 Å². The minimum absolute atomic E-state index is 0.0371. The van der Waals surface area contributed by atoms with E-state index in [9.17, 15) is 9.59 Å². The second-order valence-electron chi connectivity index (χ2n) is 4.57. The first-order valence-corrected chi connectivity index (χ1v) is 6.23. The number of benzene rings is 1. The molecule has 0 unspecified atom stereocenters. The fraction of sp³-hybridized carbons (Fsp3) is 0.308. The molecule has 1 fully saturated rings. The number of carbonyl (C=O) groups excluding carboxylic acids is 1. The van der Waals surface area contributed by atoms with Gasteiger partial charge in [-0.15, -0.1) is 0 Å². The number of carbonyl (C=O) groups is 2. The maximum Gasteiger partial charge on any atom is 0.334 e. The molecule has 1 aromatic carbocycles. The quantitative estimate of drug-likeness (QED) is 0.831. The molecule has 0 aliphatic carbocycles. The second-order valence-corrected chi connectivity index (χ2v) is 4.57. The minimum atomic E-state index is -1.06. The van der Waals surface area contributed by atoms with Gasteiger partial charge in [0.1, 0.15) is 0 Å². The Labute approximate surface area is 114 Å². The van der Waals surface area contributed by atoms with Crippen molar-refractivity contribution in [2.75, 3.05) is 19.7 Å². The van der Waals surface area contributed by atoms with Crippen molar-refractivity contribution in [1.82, 2.24) is 15.1 Å². The molecule has 1 atom stereocenters. The van der Waals surface area contributed by atoms with Gasteiger partial charge in [0.2, 0.25) is 0 Å². The zero-order chi connectivity index (χ0) is 14.1. The summed E-state index contributed by atoms with van der Waals surface area (Å²) >= 11 is 0. The standard InChI is InChI=1S/C13H13N3O4/c17-12(16-5-6-20-10(7-16)13(18)19)11-8-3-1-2-4-9(8)14-15-11/h1-4,10H,5-7H2,(H,14,15)(H,18,19)/t10-/m0/s1. The number of nitrogens with zero attached hydrogens (tertiary/aromatic N) is 2. The van der Waals surface area contributed by atoms with Crippen molar-refractivity contribution in [3.05, 3.63) is 30.0 Å². The van der Waals surface area contributed by atoms with Gasteiger partial charge in [-0.25, -0.2) is 4.79 Å². The Balaban J connectivity index is 1.87. The van der Waals surface area contributed by atoms with Gasteiger partial charge in [-0.05, 0) is 6.07 Å². The van der Waals surface area contributed by atoms with E-state index in [1.54, 1.807) is 6.07 Å². The summed E-state index contributed by atoms with van der Waals surface area (Å²) in [5.74, 6) is -1.34. The fourth-order valence-electron chi connectivity index (χ4n) is 2.26. The Morgan fingerprint density at radius 2 is 2.20 bits per heavy atom. The van der Waals surface area contributed by atoms with Crippen LogP contribution in [0.4, 0.5) is 0 Å². The van der Waals surface area contributed by atoms with Gasteiger partial charge in [-0.1, -0.05) is 18.2 Å². The Morgan fingerprint density at radius 1 is 1.40 bits per heavy atom. The highest BCUT2D eigenvalue weighted by atomic mass is 16.5. The van der Waals surface area contributed by atoms with Gasteiger partial charge in [0, 0.05) is 11.9 Å². The van der Waals surface area contributed by atoms with Crippen molar-refractivity contribution >= 4 is 22.8 Å². The lowest BCUT2D eigenvalue weighted by Crippen LogP contribution is -2.48. The molecular weight excluding hydrogens is 262 g/mol. The summed E-state index contributed by atoms with van der Waals surface area (Å²) < 4.78 is 5.10. The number of hydrogen-bond acceptors (Lipinski definition) is 4. The number of para-hydroxylation sites is 1. The Kier molecular flexibility index (Phi) is 3.11. The molecule has 0 saturated carbocycles. The zero-order valence-corrected chi connectivity index (χ0v) is 10.6. The van der Waals surface area contributed by atoms with Crippen molar-refractivity contribution in [1.29, 1.82) is 0 Å². The first-order chi connectivity index (χ1) is 9.66. The van der Waals surface area contributed by atoms with Gasteiger partial charge in [0.05, 0.1) is 18.7 Å². The number of aromatic nitrogens is 2. The van der Waals surface area contributed by atoms with Gasteiger partial charge >= 0.3 is 5.97 Å². The van der Waals surface area contributed by atoms with Crippen LogP contribution in [0.2, 0.25) is 0 Å². The third-order valence-corrected chi connectivity index (χ3v) is 3.30. The van der Waals surface area contributed by atoms with Crippen LogP contribution in [0, 0.1) is 0 Å². The van der Waals surface area contributed by atoms with Crippen LogP contribution in [0.1, 0.15) is 10.5 Å². The van der Waals surface area contributed by atoms with Crippen LogP contribution < -0.4 is 0 Å². The number of aliphatic carboxylic acids is 1. The van der Waals surface area contributed by atoms with E-state index in [-0.39, 0.29) is 19.1 Å². The molecule has 1 aliphatic heterocycles. The molecule has 0 bridgehead atoms. The summed E-state index contributed by atoms with van der Waals surface area (Å²) in [6.45, 7) is 0.615. The number of H-pyrrole nitrogens is 1. The van der Waals surface area contributed by atoms with E-state index in [0.29, 0.717) is 12.2 Å². The van der Waals surface area contributed by atoms with E-state index in [1.807, 2.05) is 18.2 Å². The van der Waals surface area contributed by atoms with Crippen LogP contribution in [0.3, 0.4) is 0 Å². The topological polar surface area (TPSA) is 95.5 Å². The molecule has 0 spiro atoms. The first-order valence-electron chi connectivity index (χ1n) is 6.23. The summed E-state index contributed by atoms with van der Waals surface area (Å²) in [6.07, 6.45) is -0.974. The smallest absolute Gasteiger partial charge is 0.334 e. The maximum absolute atomic E-state index is 12.4. The molecular formula is C13H13N3O4. The average Bonchev–Trinajstić information content (AvgIpc) is 2.90. The highest BCUT2D eigenvalue weighted by molar-refractivity contribution is 6.04. The largest absolute Gasteiger partial charge is 0.479 e. The van der Waals surface area contributed by atoms with E-state index in [4.69, 9.17) is 9.84 Å². The molecule has 2 N–H and O–H groups in total. The first kappa shape index (κ1) is 12.6. The predicted octanol–water partition coefficient (Wildman–Crippen LogP) is 0.488. The van der Waals surface area contributed by atoms with Gasteiger partial charge in [-0.2, -0.15) is 5.10 Å². The van der Waals surface area contributed by atoms with Gasteiger partial charge < -0.3 is 14.7 Å². The molecule has 2 aromatic rings. The molecule has 1 saturated heterocycles. The number of hydrogen-bond donors (Lipinski definition) is 2. The molecule has 0 radical (unpaired) electrons. The van der Waals surface area contributed by atoms with E-state index < -0.39 is 12.1 Å². The number of nitrogens with one attached hydrogen (secondary N) is 1. The number of carboxylic acids is 1. The maximum atomic E-state index is 12.4. The van der Waals surface area contributed by atoms with Crippen LogP contribution in [0.25, 0.3) is 10.9 Å². The van der Waals surface area contributed by atoms with Crippen LogP contribution in [0.5, 0.6) is 0 Å². The Morgan fingerprint density at radius 3 is 3.00 bits per heavy atom. The third kappa shape index (κ3) is 2.12. The number of carboxylic acid groups (broad SMARTS) is 1. The third-order valence-electron chi connectivity index (χ3n) is 3.30. The van der Waals surface area contributed by atoms with Crippen molar-refractivity contribution < 1.29 is 19.4 Å². The number of amides is 1. The van der Waals surface area contributed by atoms with Crippen molar-refractivity contribution in [3.8, 4) is 0 Å².